The van der Waals surface area contributed by atoms with Crippen molar-refractivity contribution in [2.45, 2.75) is 18.9 Å². The van der Waals surface area contributed by atoms with Gasteiger partial charge in [0.1, 0.15) is 17.8 Å². The minimum Gasteiger partial charge on any atom is -0.495 e. The van der Waals surface area contributed by atoms with E-state index in [1.165, 1.54) is 0 Å². The molecular weight excluding hydrogens is 294 g/mol. The molecule has 118 valence electrons. The summed E-state index contributed by atoms with van der Waals surface area (Å²) < 4.78 is 12.5. The third-order valence-electron chi connectivity index (χ3n) is 4.03. The van der Waals surface area contributed by atoms with Crippen molar-refractivity contribution in [3.63, 3.8) is 0 Å². The Morgan fingerprint density at radius 1 is 1.35 bits per heavy atom. The van der Waals surface area contributed by atoms with Crippen LogP contribution in [-0.4, -0.2) is 26.8 Å². The third kappa shape index (κ3) is 2.59. The van der Waals surface area contributed by atoms with Crippen molar-refractivity contribution < 1.29 is 9.26 Å². The smallest absolute Gasteiger partial charge is 0.278 e. The first kappa shape index (κ1) is 14.0. The Bertz CT molecular complexity index is 821. The molecule has 0 radical (unpaired) electrons. The van der Waals surface area contributed by atoms with E-state index in [0.29, 0.717) is 23.3 Å². The number of aromatic nitrogens is 4. The summed E-state index contributed by atoms with van der Waals surface area (Å²) in [5, 5.41) is 3.98. The molecule has 1 saturated carbocycles. The van der Waals surface area contributed by atoms with E-state index in [0.717, 1.165) is 24.3 Å². The summed E-state index contributed by atoms with van der Waals surface area (Å²) in [6.45, 7) is 0. The molecule has 1 unspecified atom stereocenters. The minimum absolute atomic E-state index is 0.149. The van der Waals surface area contributed by atoms with Crippen LogP contribution in [0.15, 0.2) is 41.3 Å². The Hall–Kier alpha value is -2.67. The highest BCUT2D eigenvalue weighted by molar-refractivity contribution is 5.51. The molecule has 0 aliphatic heterocycles. The van der Waals surface area contributed by atoms with Gasteiger partial charge in [-0.3, -0.25) is 0 Å². The molecule has 1 aliphatic carbocycles. The first-order valence-corrected chi connectivity index (χ1v) is 7.53. The molecule has 2 N–H and O–H groups in total. The zero-order valence-corrected chi connectivity index (χ0v) is 12.7. The maximum absolute atomic E-state index is 6.10. The van der Waals surface area contributed by atoms with E-state index in [2.05, 4.69) is 15.1 Å². The standard InChI is InChI=1S/C16H17N5O2/c1-22-13-5-3-2-4-12(13)21-8-11(18-9-21)16-19-15(20-23-16)14(17)10-6-7-10/h2-5,8-10,14H,6-7,17H2,1H3. The lowest BCUT2D eigenvalue weighted by atomic mass is 10.2. The zero-order chi connectivity index (χ0) is 15.8. The van der Waals surface area contributed by atoms with Crippen LogP contribution in [0.1, 0.15) is 24.7 Å². The first-order valence-electron chi connectivity index (χ1n) is 7.53. The second-order valence-electron chi connectivity index (χ2n) is 5.66. The normalized spacial score (nSPS) is 15.6. The molecule has 23 heavy (non-hydrogen) atoms. The summed E-state index contributed by atoms with van der Waals surface area (Å²) in [5.74, 6) is 2.17. The second kappa shape index (κ2) is 5.51. The molecule has 1 aliphatic rings. The number of ether oxygens (including phenoxy) is 1. The average Bonchev–Trinajstić information content (AvgIpc) is 3.12. The number of para-hydroxylation sites is 2. The maximum atomic E-state index is 6.10. The number of nitrogens with two attached hydrogens (primary N) is 1. The van der Waals surface area contributed by atoms with Gasteiger partial charge in [0.15, 0.2) is 5.82 Å². The monoisotopic (exact) mass is 311 g/mol. The number of rotatable bonds is 5. The maximum Gasteiger partial charge on any atom is 0.278 e. The summed E-state index contributed by atoms with van der Waals surface area (Å²) in [7, 11) is 1.64. The molecule has 3 aromatic rings. The van der Waals surface area contributed by atoms with Gasteiger partial charge in [0.05, 0.1) is 18.8 Å². The van der Waals surface area contributed by atoms with Gasteiger partial charge in [-0.15, -0.1) is 0 Å². The van der Waals surface area contributed by atoms with Crippen molar-refractivity contribution >= 4 is 0 Å². The average molecular weight is 311 g/mol. The van der Waals surface area contributed by atoms with Crippen molar-refractivity contribution in [3.05, 3.63) is 42.6 Å². The van der Waals surface area contributed by atoms with E-state index < -0.39 is 0 Å². The van der Waals surface area contributed by atoms with Gasteiger partial charge in [-0.05, 0) is 30.9 Å². The van der Waals surface area contributed by atoms with Crippen LogP contribution in [0.25, 0.3) is 17.3 Å². The highest BCUT2D eigenvalue weighted by Gasteiger charge is 2.32. The molecule has 7 heteroatoms. The van der Waals surface area contributed by atoms with Crippen LogP contribution in [0, 0.1) is 5.92 Å². The van der Waals surface area contributed by atoms with Gasteiger partial charge in [-0.2, -0.15) is 4.98 Å². The van der Waals surface area contributed by atoms with Gasteiger partial charge in [-0.1, -0.05) is 17.3 Å². The van der Waals surface area contributed by atoms with E-state index in [1.807, 2.05) is 35.0 Å². The molecule has 1 fully saturated rings. The lowest BCUT2D eigenvalue weighted by molar-refractivity contribution is 0.410. The van der Waals surface area contributed by atoms with Crippen molar-refractivity contribution in [2.75, 3.05) is 7.11 Å². The molecule has 2 heterocycles. The number of benzene rings is 1. The van der Waals surface area contributed by atoms with Crippen LogP contribution in [-0.2, 0) is 0 Å². The molecule has 7 nitrogen and oxygen atoms in total. The quantitative estimate of drug-likeness (QED) is 0.777. The fourth-order valence-electron chi connectivity index (χ4n) is 2.55. The largest absolute Gasteiger partial charge is 0.495 e. The molecule has 4 rings (SSSR count). The Balaban J connectivity index is 1.63. The van der Waals surface area contributed by atoms with Crippen LogP contribution in [0.4, 0.5) is 0 Å². The van der Waals surface area contributed by atoms with Crippen LogP contribution in [0.3, 0.4) is 0 Å². The van der Waals surface area contributed by atoms with Crippen molar-refractivity contribution in [1.82, 2.24) is 19.7 Å². The summed E-state index contributed by atoms with van der Waals surface area (Å²) in [6, 6.07) is 7.56. The zero-order valence-electron chi connectivity index (χ0n) is 12.7. The first-order chi connectivity index (χ1) is 11.3. The molecular formula is C16H17N5O2. The Kier molecular flexibility index (Phi) is 3.34. The van der Waals surface area contributed by atoms with Gasteiger partial charge < -0.3 is 19.6 Å². The fraction of sp³-hybridized carbons (Fsp3) is 0.312. The summed E-state index contributed by atoms with van der Waals surface area (Å²) in [4.78, 5) is 8.72. The summed E-state index contributed by atoms with van der Waals surface area (Å²) in [6.07, 6.45) is 5.79. The van der Waals surface area contributed by atoms with Crippen molar-refractivity contribution in [3.8, 4) is 23.0 Å². The van der Waals surface area contributed by atoms with E-state index in [1.54, 1.807) is 13.4 Å². The van der Waals surface area contributed by atoms with Gasteiger partial charge in [0.25, 0.3) is 5.89 Å². The van der Waals surface area contributed by atoms with Crippen molar-refractivity contribution in [2.24, 2.45) is 11.7 Å². The molecule has 1 aromatic carbocycles. The minimum atomic E-state index is -0.149. The Morgan fingerprint density at radius 2 is 2.17 bits per heavy atom. The van der Waals surface area contributed by atoms with E-state index >= 15 is 0 Å². The summed E-state index contributed by atoms with van der Waals surface area (Å²) >= 11 is 0. The lowest BCUT2D eigenvalue weighted by Crippen LogP contribution is -2.13. The van der Waals surface area contributed by atoms with E-state index in [4.69, 9.17) is 15.0 Å². The van der Waals surface area contributed by atoms with E-state index in [9.17, 15) is 0 Å². The summed E-state index contributed by atoms with van der Waals surface area (Å²) in [5.41, 5.74) is 7.60. The van der Waals surface area contributed by atoms with Crippen LogP contribution < -0.4 is 10.5 Å². The second-order valence-corrected chi connectivity index (χ2v) is 5.66. The number of hydrogen-bond acceptors (Lipinski definition) is 6. The topological polar surface area (TPSA) is 92.0 Å². The molecule has 0 spiro atoms. The van der Waals surface area contributed by atoms with Crippen LogP contribution in [0.2, 0.25) is 0 Å². The molecule has 0 amide bonds. The number of methoxy groups -OCH3 is 1. The van der Waals surface area contributed by atoms with Crippen LogP contribution >= 0.6 is 0 Å². The van der Waals surface area contributed by atoms with Crippen LogP contribution in [0.5, 0.6) is 5.75 Å². The van der Waals surface area contributed by atoms with Crippen molar-refractivity contribution in [1.29, 1.82) is 0 Å². The third-order valence-corrected chi connectivity index (χ3v) is 4.03. The highest BCUT2D eigenvalue weighted by Crippen LogP contribution is 2.38. The Labute approximate surface area is 133 Å². The SMILES string of the molecule is COc1ccccc1-n1cnc(-c2nc(C(N)C3CC3)no2)c1. The molecule has 0 bridgehead atoms. The predicted octanol–water partition coefficient (Wildman–Crippen LogP) is 2.34. The van der Waals surface area contributed by atoms with Gasteiger partial charge in [0, 0.05) is 6.20 Å². The number of imidazole rings is 1. The molecule has 2 aromatic heterocycles. The Morgan fingerprint density at radius 3 is 2.96 bits per heavy atom. The fourth-order valence-corrected chi connectivity index (χ4v) is 2.55. The predicted molar refractivity (Wildman–Crippen MR) is 83.1 cm³/mol. The number of nitrogens with zero attached hydrogens (tertiary/aromatic N) is 4. The molecule has 0 saturated heterocycles. The highest BCUT2D eigenvalue weighted by atomic mass is 16.5. The molecule has 1 atom stereocenters. The van der Waals surface area contributed by atoms with Gasteiger partial charge in [-0.25, -0.2) is 4.98 Å². The number of hydrogen-bond donors (Lipinski definition) is 1. The lowest BCUT2D eigenvalue weighted by Gasteiger charge is -2.07. The van der Waals surface area contributed by atoms with Gasteiger partial charge >= 0.3 is 0 Å². The van der Waals surface area contributed by atoms with Gasteiger partial charge in [0.2, 0.25) is 0 Å². The van der Waals surface area contributed by atoms with E-state index in [-0.39, 0.29) is 6.04 Å².